The molecule has 0 amide bonds. The molecule has 0 radical (unpaired) electrons. The number of nitrogen functional groups attached to an aromatic ring is 1. The number of hydrogen-bond acceptors (Lipinski definition) is 5. The van der Waals surface area contributed by atoms with Gasteiger partial charge in [0.25, 0.3) is 0 Å². The van der Waals surface area contributed by atoms with Crippen LogP contribution in [0.2, 0.25) is 0 Å². The van der Waals surface area contributed by atoms with Gasteiger partial charge in [-0.3, -0.25) is 0 Å². The summed E-state index contributed by atoms with van der Waals surface area (Å²) < 4.78 is 6.02. The van der Waals surface area contributed by atoms with Crippen LogP contribution in [-0.4, -0.2) is 17.0 Å². The number of aromatic nitrogens is 2. The van der Waals surface area contributed by atoms with Gasteiger partial charge in [-0.1, -0.05) is 30.3 Å². The van der Waals surface area contributed by atoms with E-state index in [4.69, 9.17) is 10.5 Å². The number of nitrogens with zero attached hydrogens (tertiary/aromatic N) is 2. The summed E-state index contributed by atoms with van der Waals surface area (Å²) in [6.45, 7) is 0.488. The maximum Gasteiger partial charge on any atom is 0.125 e. The van der Waals surface area contributed by atoms with Crippen molar-refractivity contribution in [1.29, 1.82) is 0 Å². The van der Waals surface area contributed by atoms with Crippen LogP contribution in [0, 0.1) is 0 Å². The second-order valence-electron chi connectivity index (χ2n) is 6.96. The molecule has 0 aliphatic carbocycles. The summed E-state index contributed by atoms with van der Waals surface area (Å²) in [5, 5.41) is 4.15. The summed E-state index contributed by atoms with van der Waals surface area (Å²) >= 11 is 0. The van der Waals surface area contributed by atoms with Crippen molar-refractivity contribution in [3.63, 3.8) is 0 Å². The normalized spacial score (nSPS) is 10.8. The first kappa shape index (κ1) is 18.7. The van der Waals surface area contributed by atoms with Crippen LogP contribution in [0.25, 0.3) is 10.9 Å². The Bertz CT molecular complexity index is 1130. The summed E-state index contributed by atoms with van der Waals surface area (Å²) in [7, 11) is 1.88. The maximum absolute atomic E-state index is 6.02. The van der Waals surface area contributed by atoms with Crippen LogP contribution >= 0.6 is 0 Å². The summed E-state index contributed by atoms with van der Waals surface area (Å²) in [4.78, 5) is 8.96. The lowest BCUT2D eigenvalue weighted by Crippen LogP contribution is -1.99. The average molecular weight is 384 g/mol. The van der Waals surface area contributed by atoms with Crippen molar-refractivity contribution in [1.82, 2.24) is 9.97 Å². The monoisotopic (exact) mass is 384 g/mol. The lowest BCUT2D eigenvalue weighted by Gasteiger charge is -2.09. The Balaban J connectivity index is 1.39. The molecule has 0 spiro atoms. The van der Waals surface area contributed by atoms with Gasteiger partial charge in [-0.25, -0.2) is 9.97 Å². The molecular formula is C24H24N4O. The zero-order valence-electron chi connectivity index (χ0n) is 16.4. The Kier molecular flexibility index (Phi) is 5.56. The van der Waals surface area contributed by atoms with Crippen LogP contribution in [-0.2, 0) is 19.4 Å². The molecule has 2 heterocycles. The molecule has 0 aliphatic rings. The van der Waals surface area contributed by atoms with E-state index in [1.54, 1.807) is 0 Å². The number of anilines is 2. The number of ether oxygens (including phenoxy) is 1. The number of pyridine rings is 2. The summed E-state index contributed by atoms with van der Waals surface area (Å²) in [5.41, 5.74) is 10.0. The smallest absolute Gasteiger partial charge is 0.125 e. The van der Waals surface area contributed by atoms with Crippen molar-refractivity contribution in [3.8, 4) is 5.75 Å². The van der Waals surface area contributed by atoms with E-state index in [0.29, 0.717) is 12.4 Å². The Hall–Kier alpha value is -3.60. The van der Waals surface area contributed by atoms with Gasteiger partial charge in [-0.2, -0.15) is 0 Å². The van der Waals surface area contributed by atoms with Crippen LogP contribution in [0.15, 0.2) is 72.8 Å². The van der Waals surface area contributed by atoms with Crippen molar-refractivity contribution < 1.29 is 4.74 Å². The van der Waals surface area contributed by atoms with Crippen molar-refractivity contribution in [2.75, 3.05) is 18.1 Å². The van der Waals surface area contributed by atoms with Crippen molar-refractivity contribution in [2.24, 2.45) is 0 Å². The molecule has 0 fully saturated rings. The van der Waals surface area contributed by atoms with Crippen molar-refractivity contribution >= 4 is 22.5 Å². The molecule has 4 aromatic rings. The first-order valence-electron chi connectivity index (χ1n) is 9.70. The molecule has 0 aliphatic heterocycles. The minimum absolute atomic E-state index is 0.488. The van der Waals surface area contributed by atoms with Gasteiger partial charge in [0.2, 0.25) is 0 Å². The number of nitrogens with two attached hydrogens (primary N) is 1. The van der Waals surface area contributed by atoms with Gasteiger partial charge >= 0.3 is 0 Å². The zero-order chi connectivity index (χ0) is 20.1. The second kappa shape index (κ2) is 8.61. The van der Waals surface area contributed by atoms with E-state index in [9.17, 15) is 0 Å². The van der Waals surface area contributed by atoms with Gasteiger partial charge in [0.15, 0.2) is 0 Å². The van der Waals surface area contributed by atoms with Gasteiger partial charge in [0.1, 0.15) is 24.0 Å². The molecule has 5 heteroatoms. The van der Waals surface area contributed by atoms with Crippen LogP contribution in [0.3, 0.4) is 0 Å². The molecule has 3 N–H and O–H groups in total. The molecule has 2 aromatic carbocycles. The molecule has 146 valence electrons. The molecule has 0 atom stereocenters. The molecule has 0 bridgehead atoms. The highest BCUT2D eigenvalue weighted by Gasteiger charge is 2.03. The van der Waals surface area contributed by atoms with E-state index in [-0.39, 0.29) is 0 Å². The molecule has 5 nitrogen and oxygen atoms in total. The number of benzene rings is 2. The third-order valence-electron chi connectivity index (χ3n) is 4.81. The third kappa shape index (κ3) is 4.82. The van der Waals surface area contributed by atoms with Crippen molar-refractivity contribution in [2.45, 2.75) is 19.4 Å². The summed E-state index contributed by atoms with van der Waals surface area (Å²) in [6.07, 6.45) is 1.80. The predicted molar refractivity (Wildman–Crippen MR) is 118 cm³/mol. The quantitative estimate of drug-likeness (QED) is 0.486. The predicted octanol–water partition coefficient (Wildman–Crippen LogP) is 4.62. The van der Waals surface area contributed by atoms with E-state index < -0.39 is 0 Å². The third-order valence-corrected chi connectivity index (χ3v) is 4.81. The molecule has 0 unspecified atom stereocenters. The first-order valence-corrected chi connectivity index (χ1v) is 9.70. The lowest BCUT2D eigenvalue weighted by molar-refractivity contribution is 0.306. The van der Waals surface area contributed by atoms with Gasteiger partial charge in [0.05, 0.1) is 5.52 Å². The van der Waals surface area contributed by atoms with Crippen LogP contribution in [0.4, 0.5) is 11.6 Å². The number of aryl methyl sites for hydroxylation is 2. The standard InChI is InChI=1S/C24H24N4O/c1-26-24-7-3-5-20(27-24)12-9-17-4-2-6-21(14-17)29-16-18-8-10-19-11-13-23(25)28-22(19)15-18/h2-8,10-11,13-15H,9,12,16H2,1H3,(H2,25,28)(H,26,27). The number of nitrogens with one attached hydrogen (secondary N) is 1. The zero-order valence-corrected chi connectivity index (χ0v) is 16.4. The van der Waals surface area contributed by atoms with Crippen LogP contribution in [0.1, 0.15) is 16.8 Å². The van der Waals surface area contributed by atoms with E-state index in [2.05, 4.69) is 39.6 Å². The average Bonchev–Trinajstić information content (AvgIpc) is 2.76. The van der Waals surface area contributed by atoms with E-state index in [0.717, 1.165) is 46.6 Å². The molecule has 4 rings (SSSR count). The van der Waals surface area contributed by atoms with Gasteiger partial charge in [-0.15, -0.1) is 0 Å². The largest absolute Gasteiger partial charge is 0.489 e. The Labute approximate surface area is 170 Å². The Morgan fingerprint density at radius 1 is 0.862 bits per heavy atom. The molecular weight excluding hydrogens is 360 g/mol. The van der Waals surface area contributed by atoms with Gasteiger partial charge < -0.3 is 15.8 Å². The van der Waals surface area contributed by atoms with Crippen LogP contribution in [0.5, 0.6) is 5.75 Å². The first-order chi connectivity index (χ1) is 14.2. The van der Waals surface area contributed by atoms with Gasteiger partial charge in [0, 0.05) is 18.1 Å². The molecule has 2 aromatic heterocycles. The summed E-state index contributed by atoms with van der Waals surface area (Å²) in [6, 6.07) is 24.2. The SMILES string of the molecule is CNc1cccc(CCc2cccc(OCc3ccc4ccc(N)nc4c3)c2)n1. The highest BCUT2D eigenvalue weighted by atomic mass is 16.5. The van der Waals surface area contributed by atoms with E-state index in [1.807, 2.05) is 55.6 Å². The second-order valence-corrected chi connectivity index (χ2v) is 6.96. The maximum atomic E-state index is 6.02. The lowest BCUT2D eigenvalue weighted by atomic mass is 10.1. The minimum Gasteiger partial charge on any atom is -0.489 e. The Morgan fingerprint density at radius 2 is 1.72 bits per heavy atom. The fraction of sp³-hybridized carbons (Fsp3) is 0.167. The number of fused-ring (bicyclic) bond motifs is 1. The number of hydrogen-bond donors (Lipinski definition) is 2. The molecule has 0 saturated heterocycles. The topological polar surface area (TPSA) is 73.1 Å². The molecule has 29 heavy (non-hydrogen) atoms. The minimum atomic E-state index is 0.488. The Morgan fingerprint density at radius 3 is 2.62 bits per heavy atom. The summed E-state index contributed by atoms with van der Waals surface area (Å²) in [5.74, 6) is 2.28. The fourth-order valence-electron chi connectivity index (χ4n) is 3.26. The van der Waals surface area contributed by atoms with E-state index >= 15 is 0 Å². The highest BCUT2D eigenvalue weighted by molar-refractivity contribution is 5.80. The number of rotatable bonds is 7. The van der Waals surface area contributed by atoms with E-state index in [1.165, 1.54) is 5.56 Å². The highest BCUT2D eigenvalue weighted by Crippen LogP contribution is 2.19. The molecule has 0 saturated carbocycles. The fourth-order valence-corrected chi connectivity index (χ4v) is 3.26. The van der Waals surface area contributed by atoms with Crippen LogP contribution < -0.4 is 15.8 Å². The van der Waals surface area contributed by atoms with Gasteiger partial charge in [-0.05, 0) is 66.4 Å². The van der Waals surface area contributed by atoms with Crippen molar-refractivity contribution in [3.05, 3.63) is 89.6 Å².